The maximum absolute atomic E-state index is 12.7. The number of halogens is 2. The Labute approximate surface area is 124 Å². The number of hydrogen-bond acceptors (Lipinski definition) is 3. The molecule has 0 atom stereocenters. The Kier molecular flexibility index (Phi) is 5.11. The number of carbonyl (C=O) groups excluding carboxylic acids is 2. The highest BCUT2D eigenvalue weighted by Gasteiger charge is 2.30. The van der Waals surface area contributed by atoms with Crippen LogP contribution in [-0.2, 0) is 16.2 Å². The zero-order valence-corrected chi connectivity index (χ0v) is 12.4. The van der Waals surface area contributed by atoms with E-state index in [1.165, 1.54) is 6.07 Å². The van der Waals surface area contributed by atoms with E-state index in [0.29, 0.717) is 16.6 Å². The molecule has 1 aromatic carbocycles. The first-order valence-corrected chi connectivity index (χ1v) is 7.50. The van der Waals surface area contributed by atoms with Crippen molar-refractivity contribution in [2.24, 2.45) is 5.92 Å². The van der Waals surface area contributed by atoms with Gasteiger partial charge in [0.05, 0.1) is 11.3 Å². The van der Waals surface area contributed by atoms with Crippen LogP contribution in [0.1, 0.15) is 28.8 Å². The monoisotopic (exact) mass is 343 g/mol. The van der Waals surface area contributed by atoms with Crippen LogP contribution in [-0.4, -0.2) is 23.8 Å². The number of rotatable bonds is 6. The fourth-order valence-corrected chi connectivity index (χ4v) is 1.90. The van der Waals surface area contributed by atoms with Gasteiger partial charge in [-0.25, -0.2) is 9.18 Å². The molecule has 1 aliphatic carbocycles. The molecule has 0 bridgehead atoms. The van der Waals surface area contributed by atoms with Gasteiger partial charge in [-0.2, -0.15) is 0 Å². The van der Waals surface area contributed by atoms with E-state index in [9.17, 15) is 14.0 Å². The molecule has 0 unspecified atom stereocenters. The van der Waals surface area contributed by atoms with Gasteiger partial charge in [0.1, 0.15) is 13.3 Å². The Balaban J connectivity index is 2.19. The summed E-state index contributed by atoms with van der Waals surface area (Å²) in [5, 5.41) is 3.23. The van der Waals surface area contributed by atoms with E-state index in [-0.39, 0.29) is 24.0 Å². The van der Waals surface area contributed by atoms with Gasteiger partial charge in [0, 0.05) is 11.2 Å². The van der Waals surface area contributed by atoms with Gasteiger partial charge in [-0.05, 0) is 30.5 Å². The maximum Gasteiger partial charge on any atom is 0.340 e. The lowest BCUT2D eigenvalue weighted by Crippen LogP contribution is -2.17. The molecule has 0 aliphatic heterocycles. The summed E-state index contributed by atoms with van der Waals surface area (Å²) in [6, 6.07) is 4.50. The van der Waals surface area contributed by atoms with Gasteiger partial charge in [0.2, 0.25) is 5.91 Å². The van der Waals surface area contributed by atoms with E-state index in [2.05, 4.69) is 21.2 Å². The minimum Gasteiger partial charge on any atom is -0.461 e. The Hall–Kier alpha value is -1.43. The first kappa shape index (κ1) is 15.0. The van der Waals surface area contributed by atoms with Crippen molar-refractivity contribution in [3.05, 3.63) is 29.3 Å². The van der Waals surface area contributed by atoms with E-state index < -0.39 is 12.6 Å². The Morgan fingerprint density at radius 3 is 2.75 bits per heavy atom. The van der Waals surface area contributed by atoms with Gasteiger partial charge in [-0.15, -0.1) is 0 Å². The van der Waals surface area contributed by atoms with Crippen LogP contribution in [0.3, 0.4) is 0 Å². The van der Waals surface area contributed by atoms with E-state index in [0.717, 1.165) is 12.8 Å². The highest BCUT2D eigenvalue weighted by atomic mass is 79.9. The van der Waals surface area contributed by atoms with Crippen LogP contribution < -0.4 is 5.32 Å². The predicted octanol–water partition coefficient (Wildman–Crippen LogP) is 3.06. The number of nitrogens with one attached hydrogen (secondary N) is 1. The minimum absolute atomic E-state index is 0.0299. The molecule has 1 N–H and O–H groups in total. The maximum atomic E-state index is 12.7. The second-order valence-corrected chi connectivity index (χ2v) is 5.39. The van der Waals surface area contributed by atoms with Crippen LogP contribution in [0.4, 0.5) is 10.1 Å². The number of carbonyl (C=O) groups is 2. The molecule has 6 heteroatoms. The van der Waals surface area contributed by atoms with Crippen LogP contribution in [0.2, 0.25) is 0 Å². The highest BCUT2D eigenvalue weighted by Crippen LogP contribution is 2.31. The highest BCUT2D eigenvalue weighted by molar-refractivity contribution is 9.09. The summed E-state index contributed by atoms with van der Waals surface area (Å²) < 4.78 is 17.7. The van der Waals surface area contributed by atoms with Crippen LogP contribution in [0.25, 0.3) is 0 Å². The molecule has 0 spiro atoms. The molecule has 0 aromatic heterocycles. The van der Waals surface area contributed by atoms with Crippen molar-refractivity contribution in [2.45, 2.75) is 19.5 Å². The van der Waals surface area contributed by atoms with Crippen molar-refractivity contribution < 1.29 is 18.7 Å². The standard InChI is InChI=1S/C14H15BrFNO3/c15-5-6-20-14(19)11-7-9(8-16)1-4-12(11)17-13(18)10-2-3-10/h1,4,7,10H,2-3,5-6,8H2,(H,17,18). The number of amides is 1. The third kappa shape index (κ3) is 3.79. The molecule has 1 aliphatic rings. The molecule has 0 heterocycles. The number of esters is 1. The molecule has 1 saturated carbocycles. The van der Waals surface area contributed by atoms with Gasteiger partial charge >= 0.3 is 5.97 Å². The molecule has 0 saturated heterocycles. The van der Waals surface area contributed by atoms with Crippen LogP contribution >= 0.6 is 15.9 Å². The Morgan fingerprint density at radius 2 is 2.15 bits per heavy atom. The van der Waals surface area contributed by atoms with Crippen molar-refractivity contribution in [1.82, 2.24) is 0 Å². The second-order valence-electron chi connectivity index (χ2n) is 4.60. The van der Waals surface area contributed by atoms with E-state index >= 15 is 0 Å². The molecule has 1 aromatic rings. The van der Waals surface area contributed by atoms with Crippen molar-refractivity contribution >= 4 is 33.5 Å². The zero-order valence-electron chi connectivity index (χ0n) is 10.8. The number of benzene rings is 1. The molecular weight excluding hydrogens is 329 g/mol. The summed E-state index contributed by atoms with van der Waals surface area (Å²) >= 11 is 3.16. The summed E-state index contributed by atoms with van der Waals surface area (Å²) in [7, 11) is 0. The Morgan fingerprint density at radius 1 is 1.40 bits per heavy atom. The second kappa shape index (κ2) is 6.83. The summed E-state index contributed by atoms with van der Waals surface area (Å²) in [6.07, 6.45) is 1.75. The first-order chi connectivity index (χ1) is 9.65. The van der Waals surface area contributed by atoms with Crippen molar-refractivity contribution in [3.63, 3.8) is 0 Å². The quantitative estimate of drug-likeness (QED) is 0.637. The lowest BCUT2D eigenvalue weighted by Gasteiger charge is -2.11. The van der Waals surface area contributed by atoms with Crippen LogP contribution in [0.15, 0.2) is 18.2 Å². The normalized spacial score (nSPS) is 13.9. The van der Waals surface area contributed by atoms with Crippen LogP contribution in [0, 0.1) is 5.92 Å². The van der Waals surface area contributed by atoms with Gasteiger partial charge < -0.3 is 10.1 Å². The van der Waals surface area contributed by atoms with E-state index in [1.807, 2.05) is 0 Å². The lowest BCUT2D eigenvalue weighted by molar-refractivity contribution is -0.117. The van der Waals surface area contributed by atoms with Gasteiger partial charge in [-0.3, -0.25) is 4.79 Å². The van der Waals surface area contributed by atoms with Crippen molar-refractivity contribution in [2.75, 3.05) is 17.3 Å². The number of ether oxygens (including phenoxy) is 1. The van der Waals surface area contributed by atoms with E-state index in [4.69, 9.17) is 4.74 Å². The number of hydrogen-bond donors (Lipinski definition) is 1. The van der Waals surface area contributed by atoms with E-state index in [1.54, 1.807) is 12.1 Å². The largest absolute Gasteiger partial charge is 0.461 e. The molecule has 4 nitrogen and oxygen atoms in total. The zero-order chi connectivity index (χ0) is 14.5. The minimum atomic E-state index is -0.671. The molecule has 1 amide bonds. The van der Waals surface area contributed by atoms with Gasteiger partial charge in [0.15, 0.2) is 0 Å². The van der Waals surface area contributed by atoms with Crippen molar-refractivity contribution in [1.29, 1.82) is 0 Å². The molecule has 20 heavy (non-hydrogen) atoms. The van der Waals surface area contributed by atoms with Crippen LogP contribution in [0.5, 0.6) is 0 Å². The average Bonchev–Trinajstić information content (AvgIpc) is 3.29. The lowest BCUT2D eigenvalue weighted by atomic mass is 10.1. The summed E-state index contributed by atoms with van der Waals surface area (Å²) in [6.45, 7) is -0.454. The van der Waals surface area contributed by atoms with Gasteiger partial charge in [-0.1, -0.05) is 22.0 Å². The molecule has 0 radical (unpaired) electrons. The fraction of sp³-hybridized carbons (Fsp3) is 0.429. The van der Waals surface area contributed by atoms with Crippen molar-refractivity contribution in [3.8, 4) is 0 Å². The molecule has 2 rings (SSSR count). The molecular formula is C14H15BrFNO3. The summed E-state index contributed by atoms with van der Waals surface area (Å²) in [4.78, 5) is 23.7. The average molecular weight is 344 g/mol. The first-order valence-electron chi connectivity index (χ1n) is 6.38. The summed E-state index contributed by atoms with van der Waals surface area (Å²) in [5.41, 5.74) is 0.939. The number of alkyl halides is 2. The SMILES string of the molecule is O=C(OCCBr)c1cc(CF)ccc1NC(=O)C1CC1. The van der Waals surface area contributed by atoms with Gasteiger partial charge in [0.25, 0.3) is 0 Å². The third-order valence-electron chi connectivity index (χ3n) is 2.97. The molecule has 108 valence electrons. The number of anilines is 1. The topological polar surface area (TPSA) is 55.4 Å². The summed E-state index contributed by atoms with van der Waals surface area (Å²) in [5.74, 6) is -0.638. The molecule has 1 fully saturated rings. The Bertz CT molecular complexity index is 517. The predicted molar refractivity (Wildman–Crippen MR) is 76.7 cm³/mol. The third-order valence-corrected chi connectivity index (χ3v) is 3.30. The smallest absolute Gasteiger partial charge is 0.340 e. The fourth-order valence-electron chi connectivity index (χ4n) is 1.74.